The van der Waals surface area contributed by atoms with Crippen molar-refractivity contribution < 1.29 is 9.90 Å². The van der Waals surface area contributed by atoms with Crippen LogP contribution in [0.1, 0.15) is 106 Å². The Balaban J connectivity index is 1.60. The molecule has 3 saturated carbocycles. The molecule has 0 bridgehead atoms. The molecule has 4 aliphatic rings. The van der Waals surface area contributed by atoms with Crippen LogP contribution in [0.3, 0.4) is 0 Å². The maximum absolute atomic E-state index is 12.9. The number of fused-ring (bicyclic) bond motifs is 5. The zero-order valence-corrected chi connectivity index (χ0v) is 21.1. The molecule has 176 valence electrons. The lowest BCUT2D eigenvalue weighted by Gasteiger charge is -2.60. The maximum Gasteiger partial charge on any atom is 0.136 e. The van der Waals surface area contributed by atoms with Crippen LogP contribution < -0.4 is 0 Å². The standard InChI is InChI=1S/C29H48O2/c1-18(2)8-7-9-19(3)24-10-11-25-27-23(20(4)30)17-21-16-22(31)12-14-28(21,5)26(27)13-15-29(24,25)6/h17-19,22-27,31H,7-16H2,1-6H3/t19-,22+,23-,24-,25+,26+,27+,28+,29-/m1/s1. The van der Waals surface area contributed by atoms with E-state index in [1.165, 1.54) is 50.5 Å². The minimum Gasteiger partial charge on any atom is -0.393 e. The van der Waals surface area contributed by atoms with Crippen molar-refractivity contribution >= 4 is 5.78 Å². The third-order valence-electron chi connectivity index (χ3n) is 10.8. The van der Waals surface area contributed by atoms with E-state index < -0.39 is 0 Å². The summed E-state index contributed by atoms with van der Waals surface area (Å²) in [5, 5.41) is 10.3. The molecular weight excluding hydrogens is 380 g/mol. The van der Waals surface area contributed by atoms with E-state index >= 15 is 0 Å². The fourth-order valence-corrected chi connectivity index (χ4v) is 9.08. The molecular formula is C29H48O2. The molecule has 2 heteroatoms. The first-order chi connectivity index (χ1) is 14.6. The Bertz CT molecular complexity index is 708. The lowest BCUT2D eigenvalue weighted by atomic mass is 9.44. The summed E-state index contributed by atoms with van der Waals surface area (Å²) in [5.41, 5.74) is 2.02. The van der Waals surface area contributed by atoms with Crippen molar-refractivity contribution in [1.29, 1.82) is 0 Å². The second-order valence-corrected chi connectivity index (χ2v) is 13.0. The Morgan fingerprint density at radius 3 is 2.48 bits per heavy atom. The number of aliphatic hydroxyl groups excluding tert-OH is 1. The minimum absolute atomic E-state index is 0.0815. The van der Waals surface area contributed by atoms with Gasteiger partial charge in [-0.05, 0) is 98.2 Å². The fourth-order valence-electron chi connectivity index (χ4n) is 9.08. The summed E-state index contributed by atoms with van der Waals surface area (Å²) in [6.45, 7) is 14.1. The van der Waals surface area contributed by atoms with Gasteiger partial charge in [0.25, 0.3) is 0 Å². The van der Waals surface area contributed by atoms with Crippen molar-refractivity contribution in [2.45, 2.75) is 112 Å². The van der Waals surface area contributed by atoms with Gasteiger partial charge in [0.1, 0.15) is 5.78 Å². The average Bonchev–Trinajstić information content (AvgIpc) is 3.05. The van der Waals surface area contributed by atoms with Gasteiger partial charge in [-0.1, -0.05) is 65.5 Å². The van der Waals surface area contributed by atoms with E-state index in [1.54, 1.807) is 0 Å². The van der Waals surface area contributed by atoms with E-state index in [0.717, 1.165) is 37.0 Å². The summed E-state index contributed by atoms with van der Waals surface area (Å²) in [6, 6.07) is 0. The van der Waals surface area contributed by atoms with Gasteiger partial charge in [-0.25, -0.2) is 0 Å². The van der Waals surface area contributed by atoms with Crippen LogP contribution in [0, 0.1) is 52.3 Å². The average molecular weight is 429 g/mol. The first-order valence-electron chi connectivity index (χ1n) is 13.5. The Labute approximate surface area is 191 Å². The zero-order chi connectivity index (χ0) is 22.6. The van der Waals surface area contributed by atoms with Gasteiger partial charge in [-0.15, -0.1) is 0 Å². The van der Waals surface area contributed by atoms with E-state index in [0.29, 0.717) is 29.0 Å². The number of Topliss-reactive ketones (excluding diaryl/α,β-unsaturated/α-hetero) is 1. The summed E-state index contributed by atoms with van der Waals surface area (Å²) in [7, 11) is 0. The largest absolute Gasteiger partial charge is 0.393 e. The minimum atomic E-state index is -0.208. The van der Waals surface area contributed by atoms with Crippen LogP contribution in [-0.4, -0.2) is 17.0 Å². The van der Waals surface area contributed by atoms with Crippen LogP contribution >= 0.6 is 0 Å². The number of aliphatic hydroxyl groups is 1. The number of rotatable bonds is 6. The van der Waals surface area contributed by atoms with Crippen molar-refractivity contribution in [1.82, 2.24) is 0 Å². The van der Waals surface area contributed by atoms with Gasteiger partial charge < -0.3 is 5.11 Å². The molecule has 2 nitrogen and oxygen atoms in total. The highest BCUT2D eigenvalue weighted by atomic mass is 16.3. The van der Waals surface area contributed by atoms with Crippen molar-refractivity contribution in [3.05, 3.63) is 11.6 Å². The molecule has 4 aliphatic carbocycles. The van der Waals surface area contributed by atoms with Gasteiger partial charge in [-0.3, -0.25) is 4.79 Å². The second kappa shape index (κ2) is 8.62. The van der Waals surface area contributed by atoms with Gasteiger partial charge in [-0.2, -0.15) is 0 Å². The summed E-state index contributed by atoms with van der Waals surface area (Å²) >= 11 is 0. The molecule has 0 radical (unpaired) electrons. The predicted octanol–water partition coefficient (Wildman–Crippen LogP) is 7.20. The third kappa shape index (κ3) is 3.98. The highest BCUT2D eigenvalue weighted by Crippen LogP contribution is 2.68. The lowest BCUT2D eigenvalue weighted by Crippen LogP contribution is -2.54. The number of carbonyl (C=O) groups is 1. The number of hydrogen-bond acceptors (Lipinski definition) is 2. The Morgan fingerprint density at radius 2 is 1.81 bits per heavy atom. The quantitative estimate of drug-likeness (QED) is 0.454. The Kier molecular flexibility index (Phi) is 6.54. The molecule has 31 heavy (non-hydrogen) atoms. The molecule has 0 saturated heterocycles. The van der Waals surface area contributed by atoms with Crippen molar-refractivity contribution in [2.24, 2.45) is 52.3 Å². The van der Waals surface area contributed by atoms with Gasteiger partial charge in [0.15, 0.2) is 0 Å². The monoisotopic (exact) mass is 428 g/mol. The van der Waals surface area contributed by atoms with Crippen molar-refractivity contribution in [2.75, 3.05) is 0 Å². The molecule has 0 spiro atoms. The van der Waals surface area contributed by atoms with E-state index in [4.69, 9.17) is 0 Å². The summed E-state index contributed by atoms with van der Waals surface area (Å²) < 4.78 is 0. The Hall–Kier alpha value is -0.630. The molecule has 0 unspecified atom stereocenters. The highest BCUT2D eigenvalue weighted by molar-refractivity contribution is 5.81. The van der Waals surface area contributed by atoms with Gasteiger partial charge in [0.05, 0.1) is 6.10 Å². The summed E-state index contributed by atoms with van der Waals surface area (Å²) in [4.78, 5) is 12.9. The zero-order valence-electron chi connectivity index (χ0n) is 21.1. The molecule has 0 aromatic heterocycles. The van der Waals surface area contributed by atoms with E-state index in [-0.39, 0.29) is 17.4 Å². The lowest BCUT2D eigenvalue weighted by molar-refractivity contribution is -0.130. The normalized spacial score (nSPS) is 45.5. The van der Waals surface area contributed by atoms with E-state index in [2.05, 4.69) is 40.7 Å². The van der Waals surface area contributed by atoms with E-state index in [9.17, 15) is 9.90 Å². The number of hydrogen-bond donors (Lipinski definition) is 1. The maximum atomic E-state index is 12.9. The molecule has 0 aromatic rings. The molecule has 3 fully saturated rings. The fraction of sp³-hybridized carbons (Fsp3) is 0.897. The third-order valence-corrected chi connectivity index (χ3v) is 10.8. The molecule has 9 atom stereocenters. The van der Waals surface area contributed by atoms with Crippen LogP contribution in [0.2, 0.25) is 0 Å². The number of allylic oxidation sites excluding steroid dienone is 1. The smallest absolute Gasteiger partial charge is 0.136 e. The van der Waals surface area contributed by atoms with Crippen molar-refractivity contribution in [3.8, 4) is 0 Å². The first kappa shape index (κ1) is 23.5. The summed E-state index contributed by atoms with van der Waals surface area (Å²) in [6.07, 6.45) is 14.4. The molecule has 0 aliphatic heterocycles. The van der Waals surface area contributed by atoms with Crippen LogP contribution in [0.25, 0.3) is 0 Å². The SMILES string of the molecule is CC(=O)[C@H]1C=C2C[C@@H](O)CC[C@]2(C)[C@H]2CC[C@]3(C)[C@@H]([C@H](C)CCCC(C)C)CC[C@H]3[C@H]12. The van der Waals surface area contributed by atoms with E-state index in [1.807, 2.05) is 6.92 Å². The topological polar surface area (TPSA) is 37.3 Å². The van der Waals surface area contributed by atoms with Crippen molar-refractivity contribution in [3.63, 3.8) is 0 Å². The van der Waals surface area contributed by atoms with Gasteiger partial charge in [0, 0.05) is 5.92 Å². The predicted molar refractivity (Wildman–Crippen MR) is 129 cm³/mol. The molecule has 0 heterocycles. The Morgan fingerprint density at radius 1 is 1.06 bits per heavy atom. The molecule has 4 rings (SSSR count). The van der Waals surface area contributed by atoms with Crippen LogP contribution in [-0.2, 0) is 4.79 Å². The first-order valence-corrected chi connectivity index (χ1v) is 13.5. The molecule has 0 amide bonds. The number of carbonyl (C=O) groups excluding carboxylic acids is 1. The van der Waals surface area contributed by atoms with Gasteiger partial charge >= 0.3 is 0 Å². The number of ketones is 1. The molecule has 1 N–H and O–H groups in total. The van der Waals surface area contributed by atoms with Crippen LogP contribution in [0.4, 0.5) is 0 Å². The second-order valence-electron chi connectivity index (χ2n) is 13.0. The van der Waals surface area contributed by atoms with Crippen LogP contribution in [0.5, 0.6) is 0 Å². The van der Waals surface area contributed by atoms with Crippen LogP contribution in [0.15, 0.2) is 11.6 Å². The highest BCUT2D eigenvalue weighted by Gasteiger charge is 2.61. The molecule has 0 aromatic carbocycles. The summed E-state index contributed by atoms with van der Waals surface area (Å²) in [5.74, 6) is 4.72. The van der Waals surface area contributed by atoms with Gasteiger partial charge in [0.2, 0.25) is 0 Å².